The van der Waals surface area contributed by atoms with Crippen molar-refractivity contribution >= 4 is 5.82 Å². The highest BCUT2D eigenvalue weighted by molar-refractivity contribution is 5.62. The molecule has 0 aliphatic rings. The number of methoxy groups -OCH3 is 1. The summed E-state index contributed by atoms with van der Waals surface area (Å²) >= 11 is 0. The highest BCUT2D eigenvalue weighted by atomic mass is 16.5. The van der Waals surface area contributed by atoms with Crippen LogP contribution in [0.3, 0.4) is 0 Å². The quantitative estimate of drug-likeness (QED) is 0.873. The monoisotopic (exact) mass is 242 g/mol. The van der Waals surface area contributed by atoms with Gasteiger partial charge in [-0.15, -0.1) is 0 Å². The molecule has 0 aromatic carbocycles. The standard InChI is InChI=1S/C13H14N4O/c1-8-9(2)17(13(15)11(8)6-14)10-4-5-12(18-3)16-7-10/h4-5,7H,15H2,1-3H3. The van der Waals surface area contributed by atoms with Gasteiger partial charge in [0.25, 0.3) is 0 Å². The van der Waals surface area contributed by atoms with E-state index in [9.17, 15) is 0 Å². The molecule has 0 spiro atoms. The number of anilines is 1. The Balaban J connectivity index is 2.61. The first-order valence-corrected chi connectivity index (χ1v) is 5.48. The zero-order chi connectivity index (χ0) is 13.3. The van der Waals surface area contributed by atoms with Crippen molar-refractivity contribution < 1.29 is 4.74 Å². The van der Waals surface area contributed by atoms with Crippen molar-refractivity contribution in [2.24, 2.45) is 0 Å². The first-order valence-electron chi connectivity index (χ1n) is 5.48. The Bertz CT molecular complexity index is 620. The highest BCUT2D eigenvalue weighted by Gasteiger charge is 2.16. The second-order valence-electron chi connectivity index (χ2n) is 3.98. The average molecular weight is 242 g/mol. The topological polar surface area (TPSA) is 76.9 Å². The molecule has 2 heterocycles. The summed E-state index contributed by atoms with van der Waals surface area (Å²) < 4.78 is 6.83. The lowest BCUT2D eigenvalue weighted by atomic mass is 10.2. The fourth-order valence-corrected chi connectivity index (χ4v) is 1.93. The summed E-state index contributed by atoms with van der Waals surface area (Å²) in [4.78, 5) is 4.14. The van der Waals surface area contributed by atoms with Crippen LogP contribution in [-0.4, -0.2) is 16.7 Å². The molecule has 2 aromatic rings. The lowest BCUT2D eigenvalue weighted by Crippen LogP contribution is -2.03. The molecule has 18 heavy (non-hydrogen) atoms. The zero-order valence-electron chi connectivity index (χ0n) is 10.6. The van der Waals surface area contributed by atoms with Crippen molar-refractivity contribution in [1.82, 2.24) is 9.55 Å². The van der Waals surface area contributed by atoms with Crippen molar-refractivity contribution in [2.75, 3.05) is 12.8 Å². The lowest BCUT2D eigenvalue weighted by Gasteiger charge is -2.09. The van der Waals surface area contributed by atoms with Gasteiger partial charge >= 0.3 is 0 Å². The summed E-state index contributed by atoms with van der Waals surface area (Å²) in [7, 11) is 1.56. The normalized spacial score (nSPS) is 10.1. The number of nitriles is 1. The number of nitrogens with two attached hydrogens (primary N) is 1. The molecule has 0 bridgehead atoms. The molecule has 5 nitrogen and oxygen atoms in total. The van der Waals surface area contributed by atoms with Crippen LogP contribution in [0.15, 0.2) is 18.3 Å². The lowest BCUT2D eigenvalue weighted by molar-refractivity contribution is 0.398. The predicted octanol–water partition coefficient (Wildman–Crippen LogP) is 1.95. The van der Waals surface area contributed by atoms with Crippen molar-refractivity contribution in [3.63, 3.8) is 0 Å². The highest BCUT2D eigenvalue weighted by Crippen LogP contribution is 2.27. The molecule has 2 N–H and O–H groups in total. The van der Waals surface area contributed by atoms with Gasteiger partial charge in [-0.05, 0) is 25.5 Å². The van der Waals surface area contributed by atoms with Crippen LogP contribution in [0, 0.1) is 25.2 Å². The average Bonchev–Trinajstić information content (AvgIpc) is 2.60. The number of hydrogen-bond acceptors (Lipinski definition) is 4. The van der Waals surface area contributed by atoms with Gasteiger partial charge < -0.3 is 10.5 Å². The summed E-state index contributed by atoms with van der Waals surface area (Å²) in [6.45, 7) is 3.81. The van der Waals surface area contributed by atoms with Crippen LogP contribution in [0.1, 0.15) is 16.8 Å². The van der Waals surface area contributed by atoms with Gasteiger partial charge in [-0.2, -0.15) is 5.26 Å². The molecule has 0 atom stereocenters. The fraction of sp³-hybridized carbons (Fsp3) is 0.231. The number of pyridine rings is 1. The Morgan fingerprint density at radius 3 is 2.56 bits per heavy atom. The molecular formula is C13H14N4O. The van der Waals surface area contributed by atoms with Gasteiger partial charge in [-0.25, -0.2) is 4.98 Å². The van der Waals surface area contributed by atoms with Crippen LogP contribution >= 0.6 is 0 Å². The van der Waals surface area contributed by atoms with Crippen molar-refractivity contribution in [3.05, 3.63) is 35.2 Å². The van der Waals surface area contributed by atoms with Crippen LogP contribution < -0.4 is 10.5 Å². The number of nitrogens with zero attached hydrogens (tertiary/aromatic N) is 3. The first kappa shape index (κ1) is 12.0. The van der Waals surface area contributed by atoms with Crippen LogP contribution in [0.4, 0.5) is 5.82 Å². The summed E-state index contributed by atoms with van der Waals surface area (Å²) in [5.41, 5.74) is 9.17. The van der Waals surface area contributed by atoms with E-state index >= 15 is 0 Å². The van der Waals surface area contributed by atoms with Crippen LogP contribution in [0.25, 0.3) is 5.69 Å². The Kier molecular flexibility index (Phi) is 2.94. The Morgan fingerprint density at radius 2 is 2.11 bits per heavy atom. The van der Waals surface area contributed by atoms with E-state index in [0.29, 0.717) is 17.3 Å². The Morgan fingerprint density at radius 1 is 1.39 bits per heavy atom. The molecule has 0 fully saturated rings. The number of rotatable bonds is 2. The van der Waals surface area contributed by atoms with E-state index in [-0.39, 0.29) is 0 Å². The molecule has 0 saturated carbocycles. The smallest absolute Gasteiger partial charge is 0.213 e. The van der Waals surface area contributed by atoms with Crippen molar-refractivity contribution in [3.8, 4) is 17.6 Å². The summed E-state index contributed by atoms with van der Waals surface area (Å²) in [6.07, 6.45) is 1.67. The van der Waals surface area contributed by atoms with Crippen LogP contribution in [0.2, 0.25) is 0 Å². The molecule has 2 aromatic heterocycles. The summed E-state index contributed by atoms with van der Waals surface area (Å²) in [6, 6.07) is 5.74. The van der Waals surface area contributed by atoms with Gasteiger partial charge in [0.1, 0.15) is 11.9 Å². The first-order chi connectivity index (χ1) is 8.60. The minimum Gasteiger partial charge on any atom is -0.481 e. The molecule has 0 unspecified atom stereocenters. The molecule has 5 heteroatoms. The van der Waals surface area contributed by atoms with Gasteiger partial charge in [0.2, 0.25) is 5.88 Å². The SMILES string of the molecule is COc1ccc(-n2c(C)c(C)c(C#N)c2N)cn1. The minimum atomic E-state index is 0.444. The van der Waals surface area contributed by atoms with Crippen LogP contribution in [-0.2, 0) is 0 Å². The van der Waals surface area contributed by atoms with Gasteiger partial charge in [-0.1, -0.05) is 0 Å². The van der Waals surface area contributed by atoms with E-state index < -0.39 is 0 Å². The largest absolute Gasteiger partial charge is 0.481 e. The number of hydrogen-bond donors (Lipinski definition) is 1. The number of nitrogen functional groups attached to an aromatic ring is 1. The Labute approximate surface area is 105 Å². The summed E-state index contributed by atoms with van der Waals surface area (Å²) in [5.74, 6) is 0.985. The van der Waals surface area contributed by atoms with Gasteiger partial charge in [0.15, 0.2) is 0 Å². The molecular weight excluding hydrogens is 228 g/mol. The van der Waals surface area contributed by atoms with Crippen LogP contribution in [0.5, 0.6) is 5.88 Å². The van der Waals surface area contributed by atoms with E-state index in [1.807, 2.05) is 24.5 Å². The number of aromatic nitrogens is 2. The maximum atomic E-state index is 9.09. The van der Waals surface area contributed by atoms with E-state index in [1.165, 1.54) is 0 Å². The third kappa shape index (κ3) is 1.68. The molecule has 2 rings (SSSR count). The third-order valence-electron chi connectivity index (χ3n) is 3.05. The van der Waals surface area contributed by atoms with Crippen molar-refractivity contribution in [1.29, 1.82) is 5.26 Å². The Hall–Kier alpha value is -2.48. The second kappa shape index (κ2) is 4.41. The zero-order valence-corrected chi connectivity index (χ0v) is 10.6. The molecule has 0 aliphatic heterocycles. The molecule has 0 aliphatic carbocycles. The van der Waals surface area contributed by atoms with E-state index in [1.54, 1.807) is 19.4 Å². The number of ether oxygens (including phenoxy) is 1. The van der Waals surface area contributed by atoms with Gasteiger partial charge in [-0.3, -0.25) is 4.57 Å². The minimum absolute atomic E-state index is 0.444. The van der Waals surface area contributed by atoms with Gasteiger partial charge in [0.05, 0.1) is 24.6 Å². The van der Waals surface area contributed by atoms with Crippen molar-refractivity contribution in [2.45, 2.75) is 13.8 Å². The third-order valence-corrected chi connectivity index (χ3v) is 3.05. The maximum absolute atomic E-state index is 9.09. The molecule has 0 saturated heterocycles. The fourth-order valence-electron chi connectivity index (χ4n) is 1.93. The van der Waals surface area contributed by atoms with E-state index in [4.69, 9.17) is 15.7 Å². The predicted molar refractivity (Wildman–Crippen MR) is 68.7 cm³/mol. The van der Waals surface area contributed by atoms with Gasteiger partial charge in [0, 0.05) is 11.8 Å². The molecule has 92 valence electrons. The molecule has 0 radical (unpaired) electrons. The molecule has 0 amide bonds. The van der Waals surface area contributed by atoms with E-state index in [0.717, 1.165) is 16.9 Å². The second-order valence-corrected chi connectivity index (χ2v) is 3.98. The maximum Gasteiger partial charge on any atom is 0.213 e. The summed E-state index contributed by atoms with van der Waals surface area (Å²) in [5, 5.41) is 9.09. The van der Waals surface area contributed by atoms with E-state index in [2.05, 4.69) is 11.1 Å².